The third-order valence-electron chi connectivity index (χ3n) is 6.94. The maximum Gasteiger partial charge on any atom is 0.421 e. The Morgan fingerprint density at radius 2 is 1.46 bits per heavy atom. The van der Waals surface area contributed by atoms with Gasteiger partial charge < -0.3 is 14.2 Å². The molecule has 0 N–H and O–H groups in total. The Hall–Kier alpha value is -4.34. The molecule has 1 saturated heterocycles. The van der Waals surface area contributed by atoms with Crippen molar-refractivity contribution in [3.8, 4) is 5.75 Å². The number of imidazole rings is 2. The predicted molar refractivity (Wildman–Crippen MR) is 151 cm³/mol. The van der Waals surface area contributed by atoms with Crippen molar-refractivity contribution in [2.75, 3.05) is 25.1 Å². The highest BCUT2D eigenvalue weighted by Gasteiger charge is 2.15. The van der Waals surface area contributed by atoms with E-state index in [1.54, 1.807) is 13.3 Å². The number of hydrogen-bond acceptors (Lipinski definition) is 7. The van der Waals surface area contributed by atoms with Gasteiger partial charge in [-0.2, -0.15) is 0 Å². The molecule has 2 aromatic carbocycles. The molecule has 2 aromatic heterocycles. The molecule has 1 aliphatic rings. The topological polar surface area (TPSA) is 88.5 Å². The van der Waals surface area contributed by atoms with Crippen LogP contribution in [0.5, 0.6) is 5.75 Å². The van der Waals surface area contributed by atoms with E-state index < -0.39 is 0 Å². The molecule has 202 valence electrons. The van der Waals surface area contributed by atoms with Crippen molar-refractivity contribution in [1.82, 2.24) is 14.1 Å². The normalized spacial score (nSPS) is 13.7. The van der Waals surface area contributed by atoms with Gasteiger partial charge in [-0.05, 0) is 80.6 Å². The summed E-state index contributed by atoms with van der Waals surface area (Å²) < 4.78 is 11.4. The molecular weight excluding hydrogens is 490 g/mol. The van der Waals surface area contributed by atoms with Crippen LogP contribution in [0, 0.1) is 0 Å². The van der Waals surface area contributed by atoms with Crippen LogP contribution in [-0.4, -0.2) is 34.3 Å². The van der Waals surface area contributed by atoms with Crippen LogP contribution in [0.3, 0.4) is 0 Å². The molecule has 0 amide bonds. The summed E-state index contributed by atoms with van der Waals surface area (Å²) in [6, 6.07) is 15.9. The number of azo groups is 2. The van der Waals surface area contributed by atoms with Crippen LogP contribution >= 0.6 is 0 Å². The summed E-state index contributed by atoms with van der Waals surface area (Å²) in [5, 5.41) is 17.7. The molecule has 0 unspecified atom stereocenters. The van der Waals surface area contributed by atoms with E-state index in [9.17, 15) is 0 Å². The molecule has 5 rings (SSSR count). The lowest BCUT2D eigenvalue weighted by molar-refractivity contribution is -0.657. The molecule has 1 fully saturated rings. The van der Waals surface area contributed by atoms with Gasteiger partial charge in [-0.15, -0.1) is 10.2 Å². The van der Waals surface area contributed by atoms with Crippen molar-refractivity contribution in [3.05, 3.63) is 73.3 Å². The maximum atomic E-state index is 5.18. The third-order valence-corrected chi connectivity index (χ3v) is 6.94. The number of ether oxygens (including phenoxy) is 1. The number of benzene rings is 2. The van der Waals surface area contributed by atoms with Crippen LogP contribution in [0.25, 0.3) is 0 Å². The predicted octanol–water partition coefficient (Wildman–Crippen LogP) is 6.82. The van der Waals surface area contributed by atoms with E-state index in [0.717, 1.165) is 68.5 Å². The van der Waals surface area contributed by atoms with Crippen LogP contribution in [0.15, 0.2) is 93.8 Å². The summed E-state index contributed by atoms with van der Waals surface area (Å²) in [4.78, 5) is 6.76. The maximum absolute atomic E-state index is 5.18. The summed E-state index contributed by atoms with van der Waals surface area (Å²) in [5.74, 6) is 2.25. The average Bonchev–Trinajstić information content (AvgIpc) is 3.74. The highest BCUT2D eigenvalue weighted by atomic mass is 16.5. The lowest BCUT2D eigenvalue weighted by Crippen LogP contribution is -2.25. The van der Waals surface area contributed by atoms with Crippen molar-refractivity contribution >= 4 is 29.0 Å². The summed E-state index contributed by atoms with van der Waals surface area (Å²) in [7, 11) is 3.65. The second-order valence-electron chi connectivity index (χ2n) is 9.69. The number of nitrogens with zero attached hydrogens (tertiary/aromatic N) is 9. The number of aromatic nitrogens is 4. The molecule has 39 heavy (non-hydrogen) atoms. The third kappa shape index (κ3) is 6.95. The van der Waals surface area contributed by atoms with Crippen molar-refractivity contribution in [2.24, 2.45) is 27.5 Å². The van der Waals surface area contributed by atoms with Gasteiger partial charge in [0.1, 0.15) is 11.4 Å². The first-order valence-corrected chi connectivity index (χ1v) is 13.6. The molecule has 4 aromatic rings. The molecule has 0 atom stereocenters. The first kappa shape index (κ1) is 26.3. The lowest BCUT2D eigenvalue weighted by atomic mass is 10.2. The zero-order valence-corrected chi connectivity index (χ0v) is 22.7. The van der Waals surface area contributed by atoms with E-state index in [4.69, 9.17) is 4.74 Å². The number of unbranched alkanes of at least 4 members (excludes halogenated alkanes) is 2. The molecule has 0 spiro atoms. The molecule has 10 nitrogen and oxygen atoms in total. The number of hydrogen-bond donors (Lipinski definition) is 0. The minimum atomic E-state index is 0.611. The van der Waals surface area contributed by atoms with E-state index in [1.807, 2.05) is 65.0 Å². The van der Waals surface area contributed by atoms with Gasteiger partial charge in [0.2, 0.25) is 5.95 Å². The fraction of sp³-hybridized carbons (Fsp3) is 0.379. The summed E-state index contributed by atoms with van der Waals surface area (Å²) in [6.07, 6.45) is 13.5. The van der Waals surface area contributed by atoms with E-state index >= 15 is 0 Å². The molecule has 0 saturated carbocycles. The molecule has 0 aliphatic carbocycles. The second-order valence-corrected chi connectivity index (χ2v) is 9.69. The molecule has 10 heteroatoms. The Labute approximate surface area is 229 Å². The smallest absolute Gasteiger partial charge is 0.421 e. The van der Waals surface area contributed by atoms with Crippen molar-refractivity contribution in [2.45, 2.75) is 45.2 Å². The van der Waals surface area contributed by atoms with Gasteiger partial charge in [0.15, 0.2) is 0 Å². The van der Waals surface area contributed by atoms with Gasteiger partial charge in [-0.3, -0.25) is 0 Å². The second kappa shape index (κ2) is 12.9. The van der Waals surface area contributed by atoms with Crippen molar-refractivity contribution in [1.29, 1.82) is 0 Å². The number of methoxy groups -OCH3 is 1. The van der Waals surface area contributed by atoms with Crippen LogP contribution < -0.4 is 14.2 Å². The van der Waals surface area contributed by atoms with Crippen LogP contribution in [0.4, 0.5) is 29.0 Å². The average molecular weight is 527 g/mol. The first-order valence-electron chi connectivity index (χ1n) is 13.6. The van der Waals surface area contributed by atoms with Gasteiger partial charge in [0.05, 0.1) is 38.8 Å². The minimum Gasteiger partial charge on any atom is -0.497 e. The van der Waals surface area contributed by atoms with E-state index in [0.29, 0.717) is 5.95 Å². The summed E-state index contributed by atoms with van der Waals surface area (Å²) in [6.45, 7) is 4.01. The highest BCUT2D eigenvalue weighted by molar-refractivity contribution is 5.53. The zero-order chi connectivity index (χ0) is 26.9. The van der Waals surface area contributed by atoms with Crippen LogP contribution in [0.1, 0.15) is 32.1 Å². The Balaban J connectivity index is 1.09. The molecule has 3 heterocycles. The molecular formula is C29H36N9O+. The van der Waals surface area contributed by atoms with Gasteiger partial charge >= 0.3 is 5.95 Å². The largest absolute Gasteiger partial charge is 0.497 e. The quantitative estimate of drug-likeness (QED) is 0.115. The van der Waals surface area contributed by atoms with Crippen molar-refractivity contribution < 1.29 is 9.30 Å². The number of aryl methyl sites for hydroxylation is 3. The standard InChI is InChI=1S/C29H36N9O/c1-35-22-23-38(29(35)34-32-24-8-12-26(13-9-24)36-17-6-7-18-36)20-5-3-4-19-37-21-16-30-28(37)33-31-25-10-14-27(39-2)15-11-25/h8-16,21-23H,3-7,17-20H2,1-2H3/q+1. The molecule has 0 radical (unpaired) electrons. The Kier molecular flexibility index (Phi) is 8.72. The Morgan fingerprint density at radius 3 is 2.18 bits per heavy atom. The van der Waals surface area contributed by atoms with E-state index in [1.165, 1.54) is 18.5 Å². The first-order chi connectivity index (χ1) is 19.2. The van der Waals surface area contributed by atoms with Gasteiger partial charge in [-0.25, -0.2) is 14.1 Å². The van der Waals surface area contributed by atoms with Crippen LogP contribution in [-0.2, 0) is 20.1 Å². The monoisotopic (exact) mass is 526 g/mol. The fourth-order valence-electron chi connectivity index (χ4n) is 4.70. The summed E-state index contributed by atoms with van der Waals surface area (Å²) in [5.41, 5.74) is 2.90. The van der Waals surface area contributed by atoms with E-state index in [-0.39, 0.29) is 0 Å². The fourth-order valence-corrected chi connectivity index (χ4v) is 4.70. The SMILES string of the molecule is COc1ccc(N=Nc2nccn2CCCCCn2cc[n+](C)c2N=Nc2ccc(N3CCCC3)cc2)cc1. The minimum absolute atomic E-state index is 0.611. The molecule has 0 bridgehead atoms. The van der Waals surface area contributed by atoms with Crippen LogP contribution in [0.2, 0.25) is 0 Å². The van der Waals surface area contributed by atoms with E-state index in [2.05, 4.69) is 53.2 Å². The Bertz CT molecular complexity index is 1380. The van der Waals surface area contributed by atoms with Gasteiger partial charge in [0.25, 0.3) is 0 Å². The Morgan fingerprint density at radius 1 is 0.795 bits per heavy atom. The van der Waals surface area contributed by atoms with Gasteiger partial charge in [-0.1, -0.05) is 5.11 Å². The lowest BCUT2D eigenvalue weighted by Gasteiger charge is -2.16. The number of rotatable bonds is 12. The zero-order valence-electron chi connectivity index (χ0n) is 22.7. The van der Waals surface area contributed by atoms with Crippen molar-refractivity contribution in [3.63, 3.8) is 0 Å². The summed E-state index contributed by atoms with van der Waals surface area (Å²) >= 11 is 0. The molecule has 1 aliphatic heterocycles. The van der Waals surface area contributed by atoms with Gasteiger partial charge in [0, 0.05) is 42.8 Å². The highest BCUT2D eigenvalue weighted by Crippen LogP contribution is 2.25. The number of anilines is 1.